The molecule has 56 valence electrons. The van der Waals surface area contributed by atoms with Crippen molar-refractivity contribution in [3.05, 3.63) is 26.6 Å². The van der Waals surface area contributed by atoms with Gasteiger partial charge in [-0.2, -0.15) is 0 Å². The normalized spacial score (nSPS) is 10.3. The van der Waals surface area contributed by atoms with Crippen LogP contribution in [0.3, 0.4) is 0 Å². The predicted molar refractivity (Wildman–Crippen MR) is 58.1 cm³/mol. The Morgan fingerprint density at radius 1 is 1.45 bits per heavy atom. The zero-order chi connectivity index (χ0) is 7.68. The molecule has 2 rings (SSSR count). The van der Waals surface area contributed by atoms with Gasteiger partial charge in [0, 0.05) is 0 Å². The Morgan fingerprint density at radius 2 is 2.36 bits per heavy atom. The van der Waals surface area contributed by atoms with E-state index >= 15 is 0 Å². The Morgan fingerprint density at radius 3 is 2.91 bits per heavy atom. The Hall–Kier alpha value is 0.0600. The molecule has 0 aliphatic heterocycles. The maximum atomic E-state index is 4.28. The summed E-state index contributed by atoms with van der Waals surface area (Å²) in [5.41, 5.74) is 0. The first kappa shape index (κ1) is 7.70. The molecule has 11 heavy (non-hydrogen) atoms. The Balaban J connectivity index is 2.45. The van der Waals surface area contributed by atoms with E-state index in [4.69, 9.17) is 0 Å². The molecule has 0 aromatic carbocycles. The number of thiophene rings is 1. The number of hydrogen-bond acceptors (Lipinski definition) is 3. The molecule has 0 atom stereocenters. The molecule has 0 spiro atoms. The summed E-state index contributed by atoms with van der Waals surface area (Å²) in [5.74, 6) is 0. The topological polar surface area (TPSA) is 12.9 Å². The quantitative estimate of drug-likeness (QED) is 0.734. The molecular weight excluding hydrogens is 289 g/mol. The van der Waals surface area contributed by atoms with Crippen molar-refractivity contribution in [3.8, 4) is 9.88 Å². The highest BCUT2D eigenvalue weighted by molar-refractivity contribution is 14.1. The highest BCUT2D eigenvalue weighted by Crippen LogP contribution is 2.29. The first-order valence-electron chi connectivity index (χ1n) is 3.01. The third-order valence-electron chi connectivity index (χ3n) is 1.21. The minimum absolute atomic E-state index is 1.13. The molecule has 0 saturated heterocycles. The second kappa shape index (κ2) is 3.20. The fourth-order valence-corrected chi connectivity index (χ4v) is 2.98. The number of hydrogen-bond donors (Lipinski definition) is 0. The zero-order valence-electron chi connectivity index (χ0n) is 5.45. The average molecular weight is 293 g/mol. The predicted octanol–water partition coefficient (Wildman–Crippen LogP) is 3.48. The van der Waals surface area contributed by atoms with Crippen LogP contribution in [0.1, 0.15) is 0 Å². The molecule has 2 aromatic rings. The maximum Gasteiger partial charge on any atom is 0.134 e. The average Bonchev–Trinajstić information content (AvgIpc) is 2.55. The zero-order valence-corrected chi connectivity index (χ0v) is 9.24. The van der Waals surface area contributed by atoms with E-state index in [9.17, 15) is 0 Å². The third-order valence-corrected chi connectivity index (χ3v) is 3.97. The van der Waals surface area contributed by atoms with E-state index in [1.54, 1.807) is 22.7 Å². The lowest BCUT2D eigenvalue weighted by Gasteiger charge is -1.83. The van der Waals surface area contributed by atoms with E-state index in [1.165, 1.54) is 7.76 Å². The molecule has 0 aliphatic carbocycles. The number of thiazole rings is 1. The number of nitrogens with zero attached hydrogens (tertiary/aromatic N) is 1. The Labute approximate surface area is 86.3 Å². The smallest absolute Gasteiger partial charge is 0.134 e. The van der Waals surface area contributed by atoms with Crippen LogP contribution in [0, 0.1) is 2.88 Å². The van der Waals surface area contributed by atoms with Gasteiger partial charge in [0.25, 0.3) is 0 Å². The summed E-state index contributed by atoms with van der Waals surface area (Å²) in [7, 11) is 0. The van der Waals surface area contributed by atoms with E-state index in [1.807, 2.05) is 12.3 Å². The summed E-state index contributed by atoms with van der Waals surface area (Å²) < 4.78 is 1.24. The molecule has 0 fully saturated rings. The lowest BCUT2D eigenvalue weighted by molar-refractivity contribution is 1.42. The second-order valence-corrected chi connectivity index (χ2v) is 5.82. The highest BCUT2D eigenvalue weighted by atomic mass is 127. The Kier molecular flexibility index (Phi) is 2.24. The van der Waals surface area contributed by atoms with Crippen LogP contribution in [0.2, 0.25) is 0 Å². The van der Waals surface area contributed by atoms with Crippen molar-refractivity contribution in [2.24, 2.45) is 0 Å². The van der Waals surface area contributed by atoms with Crippen molar-refractivity contribution in [2.75, 3.05) is 0 Å². The van der Waals surface area contributed by atoms with Gasteiger partial charge in [-0.1, -0.05) is 6.07 Å². The number of rotatable bonds is 1. The van der Waals surface area contributed by atoms with Crippen LogP contribution in [0.4, 0.5) is 0 Å². The molecule has 0 radical (unpaired) electrons. The molecule has 4 heteroatoms. The van der Waals surface area contributed by atoms with E-state index in [-0.39, 0.29) is 0 Å². The maximum absolute atomic E-state index is 4.28. The fourth-order valence-electron chi connectivity index (χ4n) is 0.769. The van der Waals surface area contributed by atoms with Crippen LogP contribution >= 0.6 is 45.3 Å². The van der Waals surface area contributed by atoms with Crippen molar-refractivity contribution < 1.29 is 0 Å². The van der Waals surface area contributed by atoms with E-state index in [2.05, 4.69) is 39.0 Å². The van der Waals surface area contributed by atoms with Crippen molar-refractivity contribution in [1.82, 2.24) is 4.98 Å². The van der Waals surface area contributed by atoms with Crippen LogP contribution in [0.15, 0.2) is 23.7 Å². The summed E-state index contributed by atoms with van der Waals surface area (Å²) in [5, 5.41) is 3.20. The standard InChI is InChI=1S/C7H4INS2/c8-6-4-9-7(11-6)5-2-1-3-10-5/h1-4H. The lowest BCUT2D eigenvalue weighted by Crippen LogP contribution is -1.63. The molecule has 2 aromatic heterocycles. The minimum Gasteiger partial charge on any atom is -0.243 e. The summed E-state index contributed by atoms with van der Waals surface area (Å²) in [6.45, 7) is 0. The van der Waals surface area contributed by atoms with Gasteiger partial charge < -0.3 is 0 Å². The van der Waals surface area contributed by atoms with Gasteiger partial charge in [0.15, 0.2) is 0 Å². The molecule has 0 saturated carbocycles. The third kappa shape index (κ3) is 1.62. The lowest BCUT2D eigenvalue weighted by atomic mass is 10.5. The molecule has 2 heterocycles. The fraction of sp³-hybridized carbons (Fsp3) is 0. The summed E-state index contributed by atoms with van der Waals surface area (Å²) >= 11 is 5.75. The van der Waals surface area contributed by atoms with Gasteiger partial charge >= 0.3 is 0 Å². The van der Waals surface area contributed by atoms with Gasteiger partial charge in [-0.15, -0.1) is 22.7 Å². The van der Waals surface area contributed by atoms with E-state index in [0.717, 1.165) is 5.01 Å². The van der Waals surface area contributed by atoms with Gasteiger partial charge in [-0.05, 0) is 34.0 Å². The van der Waals surface area contributed by atoms with Crippen molar-refractivity contribution in [1.29, 1.82) is 0 Å². The van der Waals surface area contributed by atoms with E-state index in [0.29, 0.717) is 0 Å². The van der Waals surface area contributed by atoms with Crippen molar-refractivity contribution in [3.63, 3.8) is 0 Å². The SMILES string of the molecule is Ic1cnc(-c2cccs2)s1. The minimum atomic E-state index is 1.13. The summed E-state index contributed by atoms with van der Waals surface area (Å²) in [4.78, 5) is 5.54. The molecular formula is C7H4INS2. The van der Waals surface area contributed by atoms with Gasteiger partial charge in [0.1, 0.15) is 5.01 Å². The van der Waals surface area contributed by atoms with Crippen LogP contribution in [0.25, 0.3) is 9.88 Å². The first-order valence-corrected chi connectivity index (χ1v) is 5.79. The molecule has 0 aliphatic rings. The van der Waals surface area contributed by atoms with Crippen molar-refractivity contribution >= 4 is 45.3 Å². The Bertz CT molecular complexity index is 339. The molecule has 0 N–H and O–H groups in total. The number of halogens is 1. The van der Waals surface area contributed by atoms with Gasteiger partial charge in [0.05, 0.1) is 14.0 Å². The molecule has 0 amide bonds. The van der Waals surface area contributed by atoms with Crippen LogP contribution in [-0.2, 0) is 0 Å². The summed E-state index contributed by atoms with van der Waals surface area (Å²) in [6.07, 6.45) is 1.90. The van der Waals surface area contributed by atoms with Crippen LogP contribution < -0.4 is 0 Å². The monoisotopic (exact) mass is 293 g/mol. The highest BCUT2D eigenvalue weighted by Gasteiger charge is 2.02. The van der Waals surface area contributed by atoms with Gasteiger partial charge in [-0.3, -0.25) is 0 Å². The van der Waals surface area contributed by atoms with Crippen LogP contribution in [-0.4, -0.2) is 4.98 Å². The first-order chi connectivity index (χ1) is 5.36. The largest absolute Gasteiger partial charge is 0.243 e. The van der Waals surface area contributed by atoms with E-state index < -0.39 is 0 Å². The number of aromatic nitrogens is 1. The second-order valence-electron chi connectivity index (χ2n) is 1.95. The van der Waals surface area contributed by atoms with Crippen molar-refractivity contribution in [2.45, 2.75) is 0 Å². The molecule has 0 bridgehead atoms. The molecule has 1 nitrogen and oxygen atoms in total. The molecule has 0 unspecified atom stereocenters. The van der Waals surface area contributed by atoms with Gasteiger partial charge in [-0.25, -0.2) is 4.98 Å². The van der Waals surface area contributed by atoms with Gasteiger partial charge in [0.2, 0.25) is 0 Å². The summed E-state index contributed by atoms with van der Waals surface area (Å²) in [6, 6.07) is 4.15. The van der Waals surface area contributed by atoms with Crippen LogP contribution in [0.5, 0.6) is 0 Å².